The molecular formula is C17H23NO4S. The molecule has 126 valence electrons. The zero-order valence-corrected chi connectivity index (χ0v) is 14.4. The fourth-order valence-corrected chi connectivity index (χ4v) is 5.10. The van der Waals surface area contributed by atoms with Crippen LogP contribution in [0.15, 0.2) is 12.1 Å². The molecule has 5 nitrogen and oxygen atoms in total. The molecule has 1 amide bonds. The number of carboxylic acid groups (broad SMARTS) is 1. The van der Waals surface area contributed by atoms with Crippen molar-refractivity contribution in [3.8, 4) is 0 Å². The molecule has 2 atom stereocenters. The van der Waals surface area contributed by atoms with E-state index in [-0.39, 0.29) is 28.3 Å². The first-order valence-electron chi connectivity index (χ1n) is 8.21. The van der Waals surface area contributed by atoms with E-state index >= 15 is 0 Å². The van der Waals surface area contributed by atoms with E-state index in [9.17, 15) is 9.59 Å². The van der Waals surface area contributed by atoms with E-state index in [1.54, 1.807) is 6.07 Å². The van der Waals surface area contributed by atoms with E-state index in [2.05, 4.69) is 0 Å². The van der Waals surface area contributed by atoms with Crippen molar-refractivity contribution in [2.75, 3.05) is 13.7 Å². The number of carboxylic acids is 1. The number of aromatic carboxylic acids is 1. The van der Waals surface area contributed by atoms with Crippen LogP contribution in [-0.2, 0) is 4.74 Å². The number of carbonyl (C=O) groups excluding carboxylic acids is 1. The van der Waals surface area contributed by atoms with Gasteiger partial charge in [0.25, 0.3) is 5.91 Å². The number of thiophene rings is 1. The van der Waals surface area contributed by atoms with E-state index in [1.165, 1.54) is 18.9 Å². The Labute approximate surface area is 140 Å². The highest BCUT2D eigenvalue weighted by Gasteiger charge is 2.58. The summed E-state index contributed by atoms with van der Waals surface area (Å²) < 4.78 is 5.90. The summed E-state index contributed by atoms with van der Waals surface area (Å²) in [5, 5.41) is 9.02. The van der Waals surface area contributed by atoms with E-state index in [1.807, 2.05) is 18.9 Å². The number of hydrogen-bond acceptors (Lipinski definition) is 4. The first-order chi connectivity index (χ1) is 11.0. The minimum Gasteiger partial charge on any atom is -0.477 e. The van der Waals surface area contributed by atoms with Crippen LogP contribution in [0.5, 0.6) is 0 Å². The summed E-state index contributed by atoms with van der Waals surface area (Å²) in [5.74, 6) is -1.06. The smallest absolute Gasteiger partial charge is 0.345 e. The number of carbonyl (C=O) groups is 2. The summed E-state index contributed by atoms with van der Waals surface area (Å²) in [6, 6.07) is 3.32. The van der Waals surface area contributed by atoms with Gasteiger partial charge in [-0.3, -0.25) is 4.79 Å². The lowest BCUT2D eigenvalue weighted by Gasteiger charge is -2.56. The second-order valence-electron chi connectivity index (χ2n) is 6.52. The first kappa shape index (κ1) is 16.5. The molecule has 2 aliphatic rings. The Morgan fingerprint density at radius 2 is 2.00 bits per heavy atom. The van der Waals surface area contributed by atoms with Crippen molar-refractivity contribution in [3.63, 3.8) is 0 Å². The Balaban J connectivity index is 1.75. The molecule has 0 bridgehead atoms. The number of rotatable bonds is 5. The van der Waals surface area contributed by atoms with Crippen LogP contribution in [0.25, 0.3) is 0 Å². The molecule has 2 unspecified atom stereocenters. The number of amides is 1. The second-order valence-corrected chi connectivity index (χ2v) is 7.60. The maximum atomic E-state index is 12.7. The van der Waals surface area contributed by atoms with Crippen molar-refractivity contribution in [1.29, 1.82) is 0 Å². The highest BCUT2D eigenvalue weighted by atomic mass is 32.1. The normalized spacial score (nSPS) is 25.3. The van der Waals surface area contributed by atoms with Crippen LogP contribution in [0.4, 0.5) is 0 Å². The summed E-state index contributed by atoms with van der Waals surface area (Å²) in [6.45, 7) is 2.73. The van der Waals surface area contributed by atoms with Gasteiger partial charge in [0.1, 0.15) is 4.88 Å². The van der Waals surface area contributed by atoms with Crippen molar-refractivity contribution in [1.82, 2.24) is 4.90 Å². The Bertz CT molecular complexity index is 605. The molecule has 1 N–H and O–H groups in total. The molecule has 3 rings (SSSR count). The highest BCUT2D eigenvalue weighted by molar-refractivity contribution is 7.15. The van der Waals surface area contributed by atoms with Crippen molar-refractivity contribution in [3.05, 3.63) is 21.9 Å². The maximum absolute atomic E-state index is 12.7. The molecule has 6 heteroatoms. The van der Waals surface area contributed by atoms with Gasteiger partial charge in [-0.15, -0.1) is 11.3 Å². The number of ether oxygens (including phenoxy) is 1. The Hall–Kier alpha value is -1.40. The van der Waals surface area contributed by atoms with Crippen LogP contribution < -0.4 is 0 Å². The van der Waals surface area contributed by atoms with Gasteiger partial charge in [-0.1, -0.05) is 12.8 Å². The molecule has 2 saturated carbocycles. The lowest BCUT2D eigenvalue weighted by Crippen LogP contribution is -2.63. The van der Waals surface area contributed by atoms with Gasteiger partial charge in [0, 0.05) is 25.1 Å². The second kappa shape index (κ2) is 6.24. The summed E-state index contributed by atoms with van der Waals surface area (Å²) in [7, 11) is 1.84. The van der Waals surface area contributed by atoms with Crippen molar-refractivity contribution in [2.45, 2.75) is 51.2 Å². The fraction of sp³-hybridized carbons (Fsp3) is 0.647. The predicted octanol–water partition coefficient (Wildman–Crippen LogP) is 3.26. The first-order valence-corrected chi connectivity index (χ1v) is 9.03. The van der Waals surface area contributed by atoms with E-state index in [4.69, 9.17) is 9.84 Å². The van der Waals surface area contributed by atoms with Gasteiger partial charge < -0.3 is 14.7 Å². The predicted molar refractivity (Wildman–Crippen MR) is 88.1 cm³/mol. The zero-order valence-electron chi connectivity index (χ0n) is 13.6. The van der Waals surface area contributed by atoms with Crippen LogP contribution in [0.3, 0.4) is 0 Å². The molecule has 1 heterocycles. The molecule has 0 radical (unpaired) electrons. The Morgan fingerprint density at radius 1 is 1.35 bits per heavy atom. The standard InChI is InChI=1S/C17H23NO4S/c1-3-22-14-10-13(17(14)8-4-5-9-17)18(2)15(19)11-6-7-12(23-11)16(20)21/h6-7,13-14H,3-5,8-10H2,1-2H3,(H,20,21). The lowest BCUT2D eigenvalue weighted by atomic mass is 9.60. The average molecular weight is 337 g/mol. The maximum Gasteiger partial charge on any atom is 0.345 e. The third-order valence-electron chi connectivity index (χ3n) is 5.46. The third kappa shape index (κ3) is 2.68. The minimum absolute atomic E-state index is 0.0753. The monoisotopic (exact) mass is 337 g/mol. The van der Waals surface area contributed by atoms with E-state index < -0.39 is 5.97 Å². The van der Waals surface area contributed by atoms with Crippen LogP contribution in [0.1, 0.15) is 58.4 Å². The van der Waals surface area contributed by atoms with E-state index in [0.29, 0.717) is 11.5 Å². The molecule has 23 heavy (non-hydrogen) atoms. The van der Waals surface area contributed by atoms with Gasteiger partial charge in [0.2, 0.25) is 0 Å². The summed E-state index contributed by atoms with van der Waals surface area (Å²) in [5.41, 5.74) is 0.104. The summed E-state index contributed by atoms with van der Waals surface area (Å²) in [4.78, 5) is 26.2. The van der Waals surface area contributed by atoms with Gasteiger partial charge in [-0.25, -0.2) is 4.79 Å². The van der Waals surface area contributed by atoms with Crippen molar-refractivity contribution in [2.24, 2.45) is 5.41 Å². The molecular weight excluding hydrogens is 314 g/mol. The molecule has 2 aliphatic carbocycles. The Morgan fingerprint density at radius 3 is 2.57 bits per heavy atom. The van der Waals surface area contributed by atoms with Crippen LogP contribution >= 0.6 is 11.3 Å². The third-order valence-corrected chi connectivity index (χ3v) is 6.52. The van der Waals surface area contributed by atoms with Crippen LogP contribution in [0.2, 0.25) is 0 Å². The molecule has 2 fully saturated rings. The SMILES string of the molecule is CCOC1CC(N(C)C(=O)c2ccc(C(=O)O)s2)C12CCCC2. The fourth-order valence-electron chi connectivity index (χ4n) is 4.28. The van der Waals surface area contributed by atoms with Gasteiger partial charge in [-0.05, 0) is 38.3 Å². The molecule has 0 aliphatic heterocycles. The molecule has 1 spiro atoms. The number of nitrogens with zero attached hydrogens (tertiary/aromatic N) is 1. The molecule has 0 saturated heterocycles. The average Bonchev–Trinajstić information content (AvgIpc) is 3.19. The van der Waals surface area contributed by atoms with Gasteiger partial charge in [-0.2, -0.15) is 0 Å². The highest BCUT2D eigenvalue weighted by Crippen LogP contribution is 2.56. The number of hydrogen-bond donors (Lipinski definition) is 1. The Kier molecular flexibility index (Phi) is 4.47. The zero-order chi connectivity index (χ0) is 16.6. The largest absolute Gasteiger partial charge is 0.477 e. The van der Waals surface area contributed by atoms with Crippen molar-refractivity contribution >= 4 is 23.2 Å². The quantitative estimate of drug-likeness (QED) is 0.895. The van der Waals surface area contributed by atoms with Gasteiger partial charge in [0.05, 0.1) is 11.0 Å². The molecule has 0 aromatic carbocycles. The molecule has 1 aromatic heterocycles. The lowest BCUT2D eigenvalue weighted by molar-refractivity contribution is -0.152. The summed E-state index contributed by atoms with van der Waals surface area (Å²) in [6.07, 6.45) is 5.77. The minimum atomic E-state index is -0.982. The van der Waals surface area contributed by atoms with Crippen LogP contribution in [0, 0.1) is 5.41 Å². The molecule has 1 aromatic rings. The van der Waals surface area contributed by atoms with Crippen molar-refractivity contribution < 1.29 is 19.4 Å². The topological polar surface area (TPSA) is 66.8 Å². The van der Waals surface area contributed by atoms with E-state index in [0.717, 1.165) is 30.6 Å². The summed E-state index contributed by atoms with van der Waals surface area (Å²) >= 11 is 1.05. The van der Waals surface area contributed by atoms with Crippen LogP contribution in [-0.4, -0.2) is 47.7 Å². The van der Waals surface area contributed by atoms with Gasteiger partial charge >= 0.3 is 5.97 Å². The van der Waals surface area contributed by atoms with Gasteiger partial charge in [0.15, 0.2) is 0 Å².